The summed E-state index contributed by atoms with van der Waals surface area (Å²) in [5, 5.41) is 0. The lowest BCUT2D eigenvalue weighted by molar-refractivity contribution is 0.556. The zero-order valence-electron chi connectivity index (χ0n) is 8.77. The van der Waals surface area contributed by atoms with Gasteiger partial charge in [-0.05, 0) is 25.5 Å². The Morgan fingerprint density at radius 3 is 2.80 bits per heavy atom. The first kappa shape index (κ1) is 11.9. The van der Waals surface area contributed by atoms with Gasteiger partial charge in [-0.3, -0.25) is 0 Å². The molecule has 1 unspecified atom stereocenters. The first-order valence-electron chi connectivity index (χ1n) is 4.70. The molecule has 0 radical (unpaired) electrons. The second-order valence-electron chi connectivity index (χ2n) is 3.32. The van der Waals surface area contributed by atoms with Gasteiger partial charge in [0, 0.05) is 12.2 Å². The zero-order valence-corrected chi connectivity index (χ0v) is 9.58. The Labute approximate surface area is 89.8 Å². The van der Waals surface area contributed by atoms with Crippen molar-refractivity contribution in [1.82, 2.24) is 9.71 Å². The van der Waals surface area contributed by atoms with E-state index in [2.05, 4.69) is 9.71 Å². The second kappa shape index (κ2) is 4.59. The van der Waals surface area contributed by atoms with Gasteiger partial charge in [0.05, 0.1) is 0 Å². The van der Waals surface area contributed by atoms with Crippen molar-refractivity contribution in [1.29, 1.82) is 0 Å². The van der Waals surface area contributed by atoms with E-state index < -0.39 is 10.0 Å². The van der Waals surface area contributed by atoms with Crippen LogP contribution in [0.3, 0.4) is 0 Å². The second-order valence-corrected chi connectivity index (χ2v) is 5.00. The highest BCUT2D eigenvalue weighted by Crippen LogP contribution is 2.14. The van der Waals surface area contributed by atoms with E-state index in [0.29, 0.717) is 0 Å². The normalized spacial score (nSPS) is 13.7. The van der Waals surface area contributed by atoms with Gasteiger partial charge in [-0.1, -0.05) is 6.92 Å². The number of nitrogens with one attached hydrogen (secondary N) is 1. The monoisotopic (exact) mass is 229 g/mol. The predicted octanol–water partition coefficient (Wildman–Crippen LogP) is 0.741. The Morgan fingerprint density at radius 1 is 1.60 bits per heavy atom. The van der Waals surface area contributed by atoms with Crippen molar-refractivity contribution in [2.24, 2.45) is 0 Å². The lowest BCUT2D eigenvalue weighted by Crippen LogP contribution is -2.32. The van der Waals surface area contributed by atoms with Gasteiger partial charge in [0.15, 0.2) is 0 Å². The number of sulfonamides is 1. The zero-order chi connectivity index (χ0) is 11.5. The van der Waals surface area contributed by atoms with Gasteiger partial charge in [0.1, 0.15) is 10.7 Å². The summed E-state index contributed by atoms with van der Waals surface area (Å²) in [5.74, 6) is 0.0216. The summed E-state index contributed by atoms with van der Waals surface area (Å²) in [6.45, 7) is 3.70. The molecule has 0 amide bonds. The Balaban J connectivity index is 3.02. The highest BCUT2D eigenvalue weighted by atomic mass is 32.2. The smallest absolute Gasteiger partial charge is 0.244 e. The fourth-order valence-electron chi connectivity index (χ4n) is 1.04. The van der Waals surface area contributed by atoms with Crippen LogP contribution in [0.15, 0.2) is 23.2 Å². The Kier molecular flexibility index (Phi) is 3.65. The maximum Gasteiger partial charge on any atom is 0.244 e. The molecule has 5 nitrogen and oxygen atoms in total. The van der Waals surface area contributed by atoms with Crippen LogP contribution in [0.25, 0.3) is 0 Å². The fraction of sp³-hybridized carbons (Fsp3) is 0.444. The Morgan fingerprint density at radius 2 is 2.27 bits per heavy atom. The summed E-state index contributed by atoms with van der Waals surface area (Å²) in [4.78, 5) is 3.77. The van der Waals surface area contributed by atoms with Crippen molar-refractivity contribution < 1.29 is 8.42 Å². The molecule has 1 aromatic heterocycles. The molecular weight excluding hydrogens is 214 g/mol. The topological polar surface area (TPSA) is 85.1 Å². The number of pyridine rings is 1. The van der Waals surface area contributed by atoms with Crippen LogP contribution in [0.2, 0.25) is 0 Å². The van der Waals surface area contributed by atoms with Gasteiger partial charge < -0.3 is 5.73 Å². The van der Waals surface area contributed by atoms with E-state index in [1.54, 1.807) is 13.0 Å². The molecule has 0 fully saturated rings. The highest BCUT2D eigenvalue weighted by Gasteiger charge is 2.19. The number of nitrogens with two attached hydrogens (primary N) is 1. The molecule has 15 heavy (non-hydrogen) atoms. The lowest BCUT2D eigenvalue weighted by atomic mass is 10.3. The minimum Gasteiger partial charge on any atom is -0.383 e. The van der Waals surface area contributed by atoms with Crippen molar-refractivity contribution >= 4 is 15.8 Å². The van der Waals surface area contributed by atoms with Gasteiger partial charge >= 0.3 is 0 Å². The van der Waals surface area contributed by atoms with Gasteiger partial charge in [-0.15, -0.1) is 0 Å². The van der Waals surface area contributed by atoms with E-state index in [0.717, 1.165) is 6.42 Å². The van der Waals surface area contributed by atoms with E-state index >= 15 is 0 Å². The van der Waals surface area contributed by atoms with E-state index in [1.807, 2.05) is 6.92 Å². The van der Waals surface area contributed by atoms with Crippen LogP contribution in [0.5, 0.6) is 0 Å². The standard InChI is InChI=1S/C9H15N3O2S/c1-3-7(2)12-15(13,14)8-5-4-6-11-9(8)10/h4-7,12H,3H2,1-2H3,(H2,10,11). The number of rotatable bonds is 4. The van der Waals surface area contributed by atoms with Crippen molar-refractivity contribution in [3.05, 3.63) is 18.3 Å². The lowest BCUT2D eigenvalue weighted by Gasteiger charge is -2.12. The third-order valence-electron chi connectivity index (χ3n) is 2.06. The quantitative estimate of drug-likeness (QED) is 0.797. The summed E-state index contributed by atoms with van der Waals surface area (Å²) in [6.07, 6.45) is 2.18. The van der Waals surface area contributed by atoms with Gasteiger partial charge in [0.25, 0.3) is 0 Å². The fourth-order valence-corrected chi connectivity index (χ4v) is 2.45. The largest absolute Gasteiger partial charge is 0.383 e. The Hall–Kier alpha value is -1.14. The van der Waals surface area contributed by atoms with Crippen LogP contribution in [-0.2, 0) is 10.0 Å². The molecule has 0 saturated carbocycles. The van der Waals surface area contributed by atoms with E-state index in [9.17, 15) is 8.42 Å². The molecule has 3 N–H and O–H groups in total. The summed E-state index contributed by atoms with van der Waals surface area (Å²) < 4.78 is 26.1. The van der Waals surface area contributed by atoms with Crippen LogP contribution >= 0.6 is 0 Å². The molecule has 1 rings (SSSR count). The van der Waals surface area contributed by atoms with Crippen LogP contribution < -0.4 is 10.5 Å². The highest BCUT2D eigenvalue weighted by molar-refractivity contribution is 7.89. The number of aromatic nitrogens is 1. The molecule has 0 aliphatic rings. The average Bonchev–Trinajstić information content (AvgIpc) is 2.17. The van der Waals surface area contributed by atoms with Crippen molar-refractivity contribution in [3.63, 3.8) is 0 Å². The maximum atomic E-state index is 11.8. The molecule has 0 spiro atoms. The van der Waals surface area contributed by atoms with Crippen molar-refractivity contribution in [3.8, 4) is 0 Å². The van der Waals surface area contributed by atoms with E-state index in [4.69, 9.17) is 5.73 Å². The average molecular weight is 229 g/mol. The van der Waals surface area contributed by atoms with Crippen molar-refractivity contribution in [2.45, 2.75) is 31.2 Å². The molecule has 84 valence electrons. The number of hydrogen-bond donors (Lipinski definition) is 2. The number of nitrogens with zero attached hydrogens (tertiary/aromatic N) is 1. The number of hydrogen-bond acceptors (Lipinski definition) is 4. The molecular formula is C9H15N3O2S. The molecule has 0 aliphatic carbocycles. The third-order valence-corrected chi connectivity index (χ3v) is 3.69. The summed E-state index contributed by atoms with van der Waals surface area (Å²) in [5.41, 5.74) is 5.49. The first-order valence-corrected chi connectivity index (χ1v) is 6.18. The van der Waals surface area contributed by atoms with Crippen LogP contribution in [0, 0.1) is 0 Å². The number of nitrogen functional groups attached to an aromatic ring is 1. The first-order chi connectivity index (χ1) is 6.97. The summed E-state index contributed by atoms with van der Waals surface area (Å²) >= 11 is 0. The maximum absolute atomic E-state index is 11.8. The van der Waals surface area contributed by atoms with Crippen LogP contribution in [-0.4, -0.2) is 19.4 Å². The molecule has 1 heterocycles. The molecule has 6 heteroatoms. The molecule has 1 atom stereocenters. The minimum atomic E-state index is -3.54. The number of anilines is 1. The molecule has 0 aromatic carbocycles. The van der Waals surface area contributed by atoms with Gasteiger partial charge in [-0.2, -0.15) is 0 Å². The van der Waals surface area contributed by atoms with Crippen molar-refractivity contribution in [2.75, 3.05) is 5.73 Å². The molecule has 0 bridgehead atoms. The third kappa shape index (κ3) is 2.90. The Bertz CT molecular complexity index is 431. The molecule has 0 aliphatic heterocycles. The van der Waals surface area contributed by atoms with E-state index in [1.165, 1.54) is 12.3 Å². The minimum absolute atomic E-state index is 0.0216. The molecule has 1 aromatic rings. The van der Waals surface area contributed by atoms with Crippen LogP contribution in [0.4, 0.5) is 5.82 Å². The SMILES string of the molecule is CCC(C)NS(=O)(=O)c1cccnc1N. The molecule has 0 saturated heterocycles. The van der Waals surface area contributed by atoms with Crippen LogP contribution in [0.1, 0.15) is 20.3 Å². The van der Waals surface area contributed by atoms with E-state index in [-0.39, 0.29) is 16.8 Å². The summed E-state index contributed by atoms with van der Waals surface area (Å²) in [7, 11) is -3.54. The summed E-state index contributed by atoms with van der Waals surface area (Å²) in [6, 6.07) is 2.86. The van der Waals surface area contributed by atoms with Gasteiger partial charge in [0.2, 0.25) is 10.0 Å². The predicted molar refractivity (Wildman–Crippen MR) is 58.7 cm³/mol. The van der Waals surface area contributed by atoms with Gasteiger partial charge in [-0.25, -0.2) is 18.1 Å².